The van der Waals surface area contributed by atoms with Crippen molar-refractivity contribution in [3.05, 3.63) is 87.4 Å². The molecule has 4 rings (SSSR count). The molecule has 0 radical (unpaired) electrons. The quantitative estimate of drug-likeness (QED) is 0.426. The predicted molar refractivity (Wildman–Crippen MR) is 139 cm³/mol. The third-order valence-corrected chi connectivity index (χ3v) is 6.80. The Labute approximate surface area is 210 Å². The first-order valence-corrected chi connectivity index (χ1v) is 12.8. The molecule has 7 heteroatoms. The maximum absolute atomic E-state index is 12.9. The highest BCUT2D eigenvalue weighted by Crippen LogP contribution is 2.21. The second-order valence-electron chi connectivity index (χ2n) is 8.96. The fraction of sp³-hybridized carbons (Fsp3) is 0.321. The van der Waals surface area contributed by atoms with Crippen LogP contribution in [0.5, 0.6) is 5.75 Å². The summed E-state index contributed by atoms with van der Waals surface area (Å²) in [5.41, 5.74) is 3.64. The van der Waals surface area contributed by atoms with Crippen molar-refractivity contribution < 1.29 is 14.3 Å². The number of hydrogen-bond donors (Lipinski definition) is 2. The van der Waals surface area contributed by atoms with Crippen LogP contribution in [0.3, 0.4) is 0 Å². The number of carbonyl (C=O) groups excluding carboxylic acids is 2. The Bertz CT molecular complexity index is 1170. The van der Waals surface area contributed by atoms with Gasteiger partial charge in [0.25, 0.3) is 5.91 Å². The van der Waals surface area contributed by atoms with Crippen molar-refractivity contribution in [2.45, 2.75) is 58.2 Å². The van der Waals surface area contributed by atoms with E-state index in [4.69, 9.17) is 4.74 Å². The second kappa shape index (κ2) is 11.8. The molecule has 2 N–H and O–H groups in total. The number of hydrogen-bond acceptors (Lipinski definition) is 5. The monoisotopic (exact) mass is 489 g/mol. The largest absolute Gasteiger partial charge is 0.486 e. The summed E-state index contributed by atoms with van der Waals surface area (Å²) in [6.45, 7) is 4.38. The number of nitrogens with one attached hydrogen (secondary N) is 2. The molecule has 35 heavy (non-hydrogen) atoms. The highest BCUT2D eigenvalue weighted by atomic mass is 32.1. The molecule has 1 aliphatic carbocycles. The molecule has 0 saturated heterocycles. The van der Waals surface area contributed by atoms with E-state index in [2.05, 4.69) is 21.7 Å². The summed E-state index contributed by atoms with van der Waals surface area (Å²) >= 11 is 1.41. The molecular weight excluding hydrogens is 458 g/mol. The lowest BCUT2D eigenvalue weighted by Gasteiger charge is -2.32. The van der Waals surface area contributed by atoms with Gasteiger partial charge >= 0.3 is 0 Å². The molecule has 2 amide bonds. The topological polar surface area (TPSA) is 80.3 Å². The maximum Gasteiger partial charge on any atom is 0.271 e. The van der Waals surface area contributed by atoms with E-state index < -0.39 is 0 Å². The zero-order valence-corrected chi connectivity index (χ0v) is 20.9. The number of carbonyl (C=O) groups is 2. The van der Waals surface area contributed by atoms with Crippen LogP contribution in [-0.4, -0.2) is 28.9 Å². The lowest BCUT2D eigenvalue weighted by molar-refractivity contribution is -0.117. The van der Waals surface area contributed by atoms with Gasteiger partial charge in [0.1, 0.15) is 23.1 Å². The molecule has 1 fully saturated rings. The number of ether oxygens (including phenoxy) is 1. The van der Waals surface area contributed by atoms with Crippen LogP contribution in [0.4, 0.5) is 0 Å². The van der Waals surface area contributed by atoms with Gasteiger partial charge in [-0.25, -0.2) is 4.98 Å². The van der Waals surface area contributed by atoms with Crippen LogP contribution >= 0.6 is 11.3 Å². The number of benzene rings is 2. The minimum Gasteiger partial charge on any atom is -0.486 e. The van der Waals surface area contributed by atoms with Crippen LogP contribution < -0.4 is 15.4 Å². The van der Waals surface area contributed by atoms with E-state index in [0.717, 1.165) is 53.1 Å². The molecule has 182 valence electrons. The zero-order chi connectivity index (χ0) is 24.6. The molecule has 3 aromatic rings. The van der Waals surface area contributed by atoms with Crippen LogP contribution in [0.15, 0.2) is 60.0 Å². The first kappa shape index (κ1) is 24.7. The van der Waals surface area contributed by atoms with Crippen molar-refractivity contribution in [3.8, 4) is 5.75 Å². The minimum atomic E-state index is -0.218. The summed E-state index contributed by atoms with van der Waals surface area (Å²) in [4.78, 5) is 29.8. The Morgan fingerprint density at radius 2 is 1.71 bits per heavy atom. The standard InChI is InChI=1S/C28H31N3O3S/c1-19-14-20(2)16-22(15-19)34-17-27-30-25(18-35-27)28(33)31-24-11-7-6-10-23(24)29-26(32)13-12-21-8-4-3-5-9-21/h3-5,8-9,12-16,18,23-24H,6-7,10-11,17H2,1-2H3,(H,29,32)(H,31,33)/b13-12+/t23-,24+/m0/s1. The Morgan fingerprint density at radius 3 is 2.43 bits per heavy atom. The summed E-state index contributed by atoms with van der Waals surface area (Å²) in [5.74, 6) is 0.426. The number of rotatable bonds is 8. The lowest BCUT2D eigenvalue weighted by atomic mass is 9.90. The molecule has 0 spiro atoms. The second-order valence-corrected chi connectivity index (χ2v) is 9.90. The van der Waals surface area contributed by atoms with Crippen molar-refractivity contribution >= 4 is 29.2 Å². The molecule has 0 bridgehead atoms. The molecule has 0 unspecified atom stereocenters. The average molecular weight is 490 g/mol. The van der Waals surface area contributed by atoms with E-state index in [9.17, 15) is 9.59 Å². The Hall–Kier alpha value is -3.45. The maximum atomic E-state index is 12.9. The lowest BCUT2D eigenvalue weighted by Crippen LogP contribution is -2.53. The zero-order valence-electron chi connectivity index (χ0n) is 20.1. The number of aromatic nitrogens is 1. The van der Waals surface area contributed by atoms with Gasteiger partial charge in [-0.3, -0.25) is 9.59 Å². The van der Waals surface area contributed by atoms with Crippen LogP contribution in [0, 0.1) is 13.8 Å². The number of thiazole rings is 1. The van der Waals surface area contributed by atoms with E-state index >= 15 is 0 Å². The van der Waals surface area contributed by atoms with Crippen molar-refractivity contribution in [2.75, 3.05) is 0 Å². The van der Waals surface area contributed by atoms with Gasteiger partial charge < -0.3 is 15.4 Å². The summed E-state index contributed by atoms with van der Waals surface area (Å²) in [6.07, 6.45) is 7.04. The Balaban J connectivity index is 1.31. The summed E-state index contributed by atoms with van der Waals surface area (Å²) in [7, 11) is 0. The number of nitrogens with zero attached hydrogens (tertiary/aromatic N) is 1. The Kier molecular flexibility index (Phi) is 8.32. The third-order valence-electron chi connectivity index (χ3n) is 5.98. The fourth-order valence-electron chi connectivity index (χ4n) is 4.33. The molecule has 1 aliphatic rings. The van der Waals surface area contributed by atoms with Crippen LogP contribution in [0.25, 0.3) is 6.08 Å². The van der Waals surface area contributed by atoms with E-state index in [-0.39, 0.29) is 23.9 Å². The van der Waals surface area contributed by atoms with Crippen molar-refractivity contribution in [3.63, 3.8) is 0 Å². The van der Waals surface area contributed by atoms with Gasteiger partial charge in [0.05, 0.1) is 0 Å². The van der Waals surface area contributed by atoms with E-state index in [1.165, 1.54) is 11.3 Å². The van der Waals surface area contributed by atoms with Gasteiger partial charge in [-0.15, -0.1) is 11.3 Å². The van der Waals surface area contributed by atoms with Crippen LogP contribution in [0.1, 0.15) is 57.9 Å². The molecule has 2 atom stereocenters. The summed E-state index contributed by atoms with van der Waals surface area (Å²) in [6, 6.07) is 15.5. The number of aryl methyl sites for hydroxylation is 2. The van der Waals surface area contributed by atoms with Gasteiger partial charge in [0.2, 0.25) is 5.91 Å². The molecular formula is C28H31N3O3S. The summed E-state index contributed by atoms with van der Waals surface area (Å²) < 4.78 is 5.87. The van der Waals surface area contributed by atoms with Gasteiger partial charge in [0, 0.05) is 23.5 Å². The molecule has 1 saturated carbocycles. The van der Waals surface area contributed by atoms with Crippen molar-refractivity contribution in [2.24, 2.45) is 0 Å². The van der Waals surface area contributed by atoms with Crippen molar-refractivity contribution in [1.82, 2.24) is 15.6 Å². The molecule has 2 aromatic carbocycles. The molecule has 6 nitrogen and oxygen atoms in total. The fourth-order valence-corrected chi connectivity index (χ4v) is 5.01. The van der Waals surface area contributed by atoms with Crippen LogP contribution in [0.2, 0.25) is 0 Å². The third kappa shape index (κ3) is 7.26. The molecule has 1 heterocycles. The molecule has 0 aliphatic heterocycles. The smallest absolute Gasteiger partial charge is 0.271 e. The van der Waals surface area contributed by atoms with Gasteiger partial charge in [-0.2, -0.15) is 0 Å². The first-order valence-electron chi connectivity index (χ1n) is 12.0. The highest BCUT2D eigenvalue weighted by Gasteiger charge is 2.28. The number of amides is 2. The van der Waals surface area contributed by atoms with E-state index in [0.29, 0.717) is 12.3 Å². The van der Waals surface area contributed by atoms with Gasteiger partial charge in [-0.1, -0.05) is 49.2 Å². The normalized spacial score (nSPS) is 17.8. The van der Waals surface area contributed by atoms with Gasteiger partial charge in [-0.05, 0) is 61.6 Å². The molecule has 1 aromatic heterocycles. The van der Waals surface area contributed by atoms with Crippen LogP contribution in [-0.2, 0) is 11.4 Å². The predicted octanol–water partition coefficient (Wildman–Crippen LogP) is 5.21. The average Bonchev–Trinajstić information content (AvgIpc) is 3.32. The highest BCUT2D eigenvalue weighted by molar-refractivity contribution is 7.09. The van der Waals surface area contributed by atoms with Gasteiger partial charge in [0.15, 0.2) is 0 Å². The first-order chi connectivity index (χ1) is 17.0. The van der Waals surface area contributed by atoms with E-state index in [1.54, 1.807) is 17.5 Å². The Morgan fingerprint density at radius 1 is 1.03 bits per heavy atom. The minimum absolute atomic E-state index is 0.105. The summed E-state index contributed by atoms with van der Waals surface area (Å²) in [5, 5.41) is 8.67. The van der Waals surface area contributed by atoms with Crippen molar-refractivity contribution in [1.29, 1.82) is 0 Å². The SMILES string of the molecule is Cc1cc(C)cc(OCc2nc(C(=O)N[C@@H]3CCCC[C@@H]3NC(=O)/C=C/c3ccccc3)cs2)c1. The van der Waals surface area contributed by atoms with E-state index in [1.807, 2.05) is 56.3 Å².